The Morgan fingerprint density at radius 1 is 1.36 bits per heavy atom. The van der Waals surface area contributed by atoms with E-state index in [2.05, 4.69) is 41.4 Å². The van der Waals surface area contributed by atoms with E-state index in [1.165, 1.54) is 0 Å². The summed E-state index contributed by atoms with van der Waals surface area (Å²) in [7, 11) is 0. The van der Waals surface area contributed by atoms with E-state index in [1.807, 2.05) is 18.2 Å². The Kier molecular flexibility index (Phi) is 3.86. The molecule has 0 spiro atoms. The molecule has 0 bridgehead atoms. The second-order valence-electron chi connectivity index (χ2n) is 4.14. The Morgan fingerprint density at radius 3 is 2.57 bits per heavy atom. The molecule has 1 aromatic carbocycles. The third-order valence-electron chi connectivity index (χ3n) is 1.42. The van der Waals surface area contributed by atoms with E-state index in [-0.39, 0.29) is 5.54 Å². The van der Waals surface area contributed by atoms with Crippen molar-refractivity contribution in [1.29, 1.82) is 0 Å². The lowest BCUT2D eigenvalue weighted by Gasteiger charge is -2.19. The molecule has 0 atom stereocenters. The van der Waals surface area contributed by atoms with E-state index in [1.54, 1.807) is 11.9 Å². The third kappa shape index (κ3) is 3.90. The van der Waals surface area contributed by atoms with Gasteiger partial charge in [0.05, 0.1) is 0 Å². The predicted octanol–water partition coefficient (Wildman–Crippen LogP) is 3.43. The minimum absolute atomic E-state index is 0.0920. The smallest absolute Gasteiger partial charge is 0.0390 e. The Bertz CT molecular complexity index is 320. The summed E-state index contributed by atoms with van der Waals surface area (Å²) in [6, 6.07) is 5.79. The second kappa shape index (κ2) is 4.55. The summed E-state index contributed by atoms with van der Waals surface area (Å²) in [5, 5.41) is 0. The van der Waals surface area contributed by atoms with Gasteiger partial charge < -0.3 is 5.73 Å². The first-order chi connectivity index (χ1) is 6.38. The molecule has 4 heteroatoms. The highest BCUT2D eigenvalue weighted by molar-refractivity contribution is 9.10. The first-order valence-electron chi connectivity index (χ1n) is 4.37. The standard InChI is InChI=1S/C10H15BrN2S/c1-10(2,3)13-14-9-6-7(12)4-5-8(9)11/h4-6,13H,12H2,1-3H3. The maximum absolute atomic E-state index is 5.70. The molecular weight excluding hydrogens is 260 g/mol. The molecule has 0 unspecified atom stereocenters. The van der Waals surface area contributed by atoms with Gasteiger partial charge in [0.25, 0.3) is 0 Å². The molecule has 1 aromatic rings. The van der Waals surface area contributed by atoms with Gasteiger partial charge in [0, 0.05) is 20.6 Å². The number of anilines is 1. The molecule has 0 aliphatic rings. The zero-order valence-electron chi connectivity index (χ0n) is 8.60. The Morgan fingerprint density at radius 2 is 2.00 bits per heavy atom. The van der Waals surface area contributed by atoms with E-state index >= 15 is 0 Å². The largest absolute Gasteiger partial charge is 0.399 e. The molecule has 0 aromatic heterocycles. The SMILES string of the molecule is CC(C)(C)NSc1cc(N)ccc1Br. The second-order valence-corrected chi connectivity index (χ2v) is 5.85. The molecule has 14 heavy (non-hydrogen) atoms. The fourth-order valence-electron chi connectivity index (χ4n) is 0.806. The van der Waals surface area contributed by atoms with Crippen LogP contribution in [0, 0.1) is 0 Å². The van der Waals surface area contributed by atoms with Crippen molar-refractivity contribution in [3.05, 3.63) is 22.7 Å². The van der Waals surface area contributed by atoms with Crippen LogP contribution >= 0.6 is 27.9 Å². The predicted molar refractivity (Wildman–Crippen MR) is 67.3 cm³/mol. The first kappa shape index (κ1) is 11.9. The van der Waals surface area contributed by atoms with Gasteiger partial charge in [0.1, 0.15) is 0 Å². The van der Waals surface area contributed by atoms with Crippen LogP contribution in [0.15, 0.2) is 27.6 Å². The molecule has 0 aliphatic heterocycles. The van der Waals surface area contributed by atoms with Crippen LogP contribution in [0.2, 0.25) is 0 Å². The monoisotopic (exact) mass is 274 g/mol. The summed E-state index contributed by atoms with van der Waals surface area (Å²) >= 11 is 5.07. The quantitative estimate of drug-likeness (QED) is 0.641. The van der Waals surface area contributed by atoms with Crippen LogP contribution in [0.4, 0.5) is 5.69 Å². The number of nitrogens with two attached hydrogens (primary N) is 1. The number of benzene rings is 1. The normalized spacial score (nSPS) is 11.7. The van der Waals surface area contributed by atoms with Crippen LogP contribution in [0.25, 0.3) is 0 Å². The molecule has 0 saturated heterocycles. The van der Waals surface area contributed by atoms with E-state index in [0.29, 0.717) is 0 Å². The van der Waals surface area contributed by atoms with Crippen molar-refractivity contribution in [2.45, 2.75) is 31.2 Å². The molecule has 2 nitrogen and oxygen atoms in total. The van der Waals surface area contributed by atoms with Crippen molar-refractivity contribution in [2.24, 2.45) is 0 Å². The Balaban J connectivity index is 2.72. The lowest BCUT2D eigenvalue weighted by Crippen LogP contribution is -2.29. The van der Waals surface area contributed by atoms with Crippen molar-refractivity contribution in [2.75, 3.05) is 5.73 Å². The van der Waals surface area contributed by atoms with Gasteiger partial charge in [-0.1, -0.05) is 0 Å². The maximum Gasteiger partial charge on any atom is 0.0390 e. The fourth-order valence-corrected chi connectivity index (χ4v) is 2.07. The van der Waals surface area contributed by atoms with Crippen LogP contribution in [0.1, 0.15) is 20.8 Å². The van der Waals surface area contributed by atoms with E-state index in [4.69, 9.17) is 5.73 Å². The summed E-state index contributed by atoms with van der Waals surface area (Å²) in [5.41, 5.74) is 6.58. The number of hydrogen-bond acceptors (Lipinski definition) is 3. The molecular formula is C10H15BrN2S. The van der Waals surface area contributed by atoms with Crippen LogP contribution < -0.4 is 10.5 Å². The van der Waals surface area contributed by atoms with Crippen LogP contribution in [-0.2, 0) is 0 Å². The highest BCUT2D eigenvalue weighted by atomic mass is 79.9. The summed E-state index contributed by atoms with van der Waals surface area (Å²) in [5.74, 6) is 0. The number of nitrogen functional groups attached to an aromatic ring is 1. The summed E-state index contributed by atoms with van der Waals surface area (Å²) < 4.78 is 4.40. The van der Waals surface area contributed by atoms with Gasteiger partial charge in [0.2, 0.25) is 0 Å². The molecule has 0 radical (unpaired) electrons. The van der Waals surface area contributed by atoms with Gasteiger partial charge in [-0.05, 0) is 66.8 Å². The summed E-state index contributed by atoms with van der Waals surface area (Å²) in [6.07, 6.45) is 0. The van der Waals surface area contributed by atoms with Gasteiger partial charge in [0.15, 0.2) is 0 Å². The van der Waals surface area contributed by atoms with Crippen molar-refractivity contribution < 1.29 is 0 Å². The van der Waals surface area contributed by atoms with Gasteiger partial charge in [-0.25, -0.2) is 0 Å². The highest BCUT2D eigenvalue weighted by Crippen LogP contribution is 2.28. The number of rotatable bonds is 2. The zero-order valence-corrected chi connectivity index (χ0v) is 11.0. The number of nitrogens with one attached hydrogen (secondary N) is 1. The van der Waals surface area contributed by atoms with Gasteiger partial charge >= 0.3 is 0 Å². The topological polar surface area (TPSA) is 38.0 Å². The first-order valence-corrected chi connectivity index (χ1v) is 5.98. The molecule has 0 saturated carbocycles. The van der Waals surface area contributed by atoms with Crippen molar-refractivity contribution in [3.63, 3.8) is 0 Å². The third-order valence-corrected chi connectivity index (χ3v) is 3.65. The van der Waals surface area contributed by atoms with Crippen LogP contribution in [-0.4, -0.2) is 5.54 Å². The molecule has 0 heterocycles. The minimum Gasteiger partial charge on any atom is -0.399 e. The molecule has 1 rings (SSSR count). The van der Waals surface area contributed by atoms with E-state index in [0.717, 1.165) is 15.1 Å². The summed E-state index contributed by atoms with van der Waals surface area (Å²) in [4.78, 5) is 1.11. The molecule has 0 aliphatic carbocycles. The maximum atomic E-state index is 5.70. The van der Waals surface area contributed by atoms with Gasteiger partial charge in [-0.15, -0.1) is 0 Å². The lowest BCUT2D eigenvalue weighted by atomic mass is 10.1. The van der Waals surface area contributed by atoms with Gasteiger partial charge in [-0.3, -0.25) is 4.72 Å². The average Bonchev–Trinajstić information content (AvgIpc) is 2.05. The van der Waals surface area contributed by atoms with Crippen molar-refractivity contribution in [3.8, 4) is 0 Å². The average molecular weight is 275 g/mol. The van der Waals surface area contributed by atoms with Gasteiger partial charge in [-0.2, -0.15) is 0 Å². The highest BCUT2D eigenvalue weighted by Gasteiger charge is 2.10. The lowest BCUT2D eigenvalue weighted by molar-refractivity contribution is 0.535. The Labute approximate surface area is 97.9 Å². The molecule has 0 amide bonds. The van der Waals surface area contributed by atoms with Crippen molar-refractivity contribution in [1.82, 2.24) is 4.72 Å². The number of hydrogen-bond donors (Lipinski definition) is 2. The summed E-state index contributed by atoms with van der Waals surface area (Å²) in [6.45, 7) is 6.38. The van der Waals surface area contributed by atoms with Crippen LogP contribution in [0.5, 0.6) is 0 Å². The van der Waals surface area contributed by atoms with E-state index < -0.39 is 0 Å². The molecule has 0 fully saturated rings. The van der Waals surface area contributed by atoms with Crippen LogP contribution in [0.3, 0.4) is 0 Å². The zero-order chi connectivity index (χ0) is 10.8. The molecule has 3 N–H and O–H groups in total. The molecule has 78 valence electrons. The number of halogens is 1. The Hall–Kier alpha value is -0.190. The van der Waals surface area contributed by atoms with Crippen molar-refractivity contribution >= 4 is 33.6 Å². The van der Waals surface area contributed by atoms with E-state index in [9.17, 15) is 0 Å². The fraction of sp³-hybridized carbons (Fsp3) is 0.400. The minimum atomic E-state index is 0.0920.